The van der Waals surface area contributed by atoms with Crippen molar-refractivity contribution >= 4 is 0 Å². The van der Waals surface area contributed by atoms with Gasteiger partial charge in [0.15, 0.2) is 0 Å². The molecular formula is C27H44F4O. The first-order chi connectivity index (χ1) is 15.2. The largest absolute Gasteiger partial charge is 0.358 e. The summed E-state index contributed by atoms with van der Waals surface area (Å²) in [5.74, 6) is 2.45. The molecule has 0 spiro atoms. The van der Waals surface area contributed by atoms with E-state index in [0.29, 0.717) is 24.7 Å². The molecule has 0 heterocycles. The summed E-state index contributed by atoms with van der Waals surface area (Å²) in [6.07, 6.45) is 6.12. The molecule has 1 nitrogen and oxygen atoms in total. The van der Waals surface area contributed by atoms with Crippen molar-refractivity contribution < 1.29 is 22.3 Å². The molecule has 4 aliphatic carbocycles. The molecule has 0 N–H and O–H groups in total. The molecule has 0 amide bonds. The zero-order valence-electron chi connectivity index (χ0n) is 20.1. The van der Waals surface area contributed by atoms with Crippen molar-refractivity contribution in [1.29, 1.82) is 0 Å². The smallest absolute Gasteiger partial charge is 0.317 e. The fourth-order valence-corrected chi connectivity index (χ4v) is 7.44. The van der Waals surface area contributed by atoms with Crippen LogP contribution in [-0.2, 0) is 4.74 Å². The van der Waals surface area contributed by atoms with Crippen LogP contribution < -0.4 is 0 Å². The van der Waals surface area contributed by atoms with Crippen molar-refractivity contribution in [1.82, 2.24) is 0 Å². The van der Waals surface area contributed by atoms with Crippen molar-refractivity contribution in [3.05, 3.63) is 0 Å². The Balaban J connectivity index is 1.20. The van der Waals surface area contributed by atoms with Gasteiger partial charge in [-0.25, -0.2) is 8.78 Å². The van der Waals surface area contributed by atoms with Crippen LogP contribution in [-0.4, -0.2) is 24.6 Å². The van der Waals surface area contributed by atoms with E-state index >= 15 is 0 Å². The molecule has 0 radical (unpaired) electrons. The van der Waals surface area contributed by atoms with E-state index in [2.05, 4.69) is 6.92 Å². The highest BCUT2D eigenvalue weighted by Gasteiger charge is 2.47. The van der Waals surface area contributed by atoms with Gasteiger partial charge in [0.1, 0.15) is 12.3 Å². The van der Waals surface area contributed by atoms with E-state index < -0.39 is 36.4 Å². The monoisotopic (exact) mass is 460 g/mol. The minimum absolute atomic E-state index is 0.115. The number of rotatable bonds is 5. The van der Waals surface area contributed by atoms with Crippen LogP contribution in [0.4, 0.5) is 17.6 Å². The molecule has 4 fully saturated rings. The number of alkyl halides is 4. The van der Waals surface area contributed by atoms with Gasteiger partial charge in [0.05, 0.1) is 12.0 Å². The first-order valence-electron chi connectivity index (χ1n) is 13.6. The normalized spacial score (nSPS) is 46.7. The molecule has 0 aromatic rings. The minimum atomic E-state index is -3.27. The SMILES string of the molecule is CC1CCC(C2CCC(C3CCC(C(F)(F)OC4CC(F)C(C)C(F)C4)CC3)CC2)CC1. The van der Waals surface area contributed by atoms with Crippen molar-refractivity contribution in [2.45, 2.75) is 128 Å². The highest BCUT2D eigenvalue weighted by Crippen LogP contribution is 2.48. The molecule has 4 aliphatic rings. The lowest BCUT2D eigenvalue weighted by Gasteiger charge is -2.42. The third-order valence-electron chi connectivity index (χ3n) is 9.90. The van der Waals surface area contributed by atoms with Crippen LogP contribution in [0.3, 0.4) is 0 Å². The van der Waals surface area contributed by atoms with Crippen LogP contribution in [0.15, 0.2) is 0 Å². The van der Waals surface area contributed by atoms with Crippen LogP contribution in [0.1, 0.15) is 104 Å². The lowest BCUT2D eigenvalue weighted by molar-refractivity contribution is -0.306. The first-order valence-corrected chi connectivity index (χ1v) is 13.6. The van der Waals surface area contributed by atoms with E-state index in [1.807, 2.05) is 0 Å². The van der Waals surface area contributed by atoms with Gasteiger partial charge < -0.3 is 4.74 Å². The van der Waals surface area contributed by atoms with Gasteiger partial charge in [-0.1, -0.05) is 26.7 Å². The van der Waals surface area contributed by atoms with Gasteiger partial charge in [0, 0.05) is 18.8 Å². The van der Waals surface area contributed by atoms with E-state index in [0.717, 1.165) is 30.6 Å². The van der Waals surface area contributed by atoms with Gasteiger partial charge in [-0.3, -0.25) is 0 Å². The Labute approximate surface area is 192 Å². The van der Waals surface area contributed by atoms with Crippen LogP contribution in [0, 0.1) is 41.4 Å². The Kier molecular flexibility index (Phi) is 8.15. The molecule has 0 aromatic carbocycles. The van der Waals surface area contributed by atoms with Crippen LogP contribution >= 0.6 is 0 Å². The van der Waals surface area contributed by atoms with E-state index in [1.54, 1.807) is 0 Å². The maximum Gasteiger partial charge on any atom is 0.358 e. The van der Waals surface area contributed by atoms with Gasteiger partial charge in [0.2, 0.25) is 0 Å². The molecule has 0 saturated heterocycles. The maximum absolute atomic E-state index is 14.8. The molecular weight excluding hydrogens is 416 g/mol. The molecule has 4 saturated carbocycles. The zero-order valence-corrected chi connectivity index (χ0v) is 20.1. The average molecular weight is 461 g/mol. The molecule has 4 rings (SSSR count). The highest BCUT2D eigenvalue weighted by atomic mass is 19.3. The van der Waals surface area contributed by atoms with Crippen LogP contribution in [0.25, 0.3) is 0 Å². The summed E-state index contributed by atoms with van der Waals surface area (Å²) in [5, 5.41) is 0. The van der Waals surface area contributed by atoms with E-state index in [4.69, 9.17) is 4.74 Å². The third-order valence-corrected chi connectivity index (χ3v) is 9.90. The van der Waals surface area contributed by atoms with Crippen molar-refractivity contribution in [2.75, 3.05) is 0 Å². The summed E-state index contributed by atoms with van der Waals surface area (Å²) >= 11 is 0. The average Bonchev–Trinajstić information content (AvgIpc) is 2.78. The second kappa shape index (κ2) is 10.5. The number of hydrogen-bond acceptors (Lipinski definition) is 1. The summed E-state index contributed by atoms with van der Waals surface area (Å²) in [5.41, 5.74) is 0. The third kappa shape index (κ3) is 5.84. The topological polar surface area (TPSA) is 9.23 Å². The molecule has 0 aromatic heterocycles. The fourth-order valence-electron chi connectivity index (χ4n) is 7.44. The fraction of sp³-hybridized carbons (Fsp3) is 1.00. The molecule has 0 aliphatic heterocycles. The molecule has 0 bridgehead atoms. The molecule has 5 heteroatoms. The Morgan fingerprint density at radius 2 is 0.969 bits per heavy atom. The van der Waals surface area contributed by atoms with Crippen LogP contribution in [0.2, 0.25) is 0 Å². The summed E-state index contributed by atoms with van der Waals surface area (Å²) in [7, 11) is 0. The van der Waals surface area contributed by atoms with Crippen molar-refractivity contribution in [3.8, 4) is 0 Å². The molecule has 2 atom stereocenters. The summed E-state index contributed by atoms with van der Waals surface area (Å²) < 4.78 is 62.6. The highest BCUT2D eigenvalue weighted by molar-refractivity contribution is 4.89. The number of ether oxygens (including phenoxy) is 1. The lowest BCUT2D eigenvalue weighted by atomic mass is 9.65. The second-order valence-electron chi connectivity index (χ2n) is 12.0. The summed E-state index contributed by atoms with van der Waals surface area (Å²) in [6.45, 7) is 3.89. The van der Waals surface area contributed by atoms with Crippen molar-refractivity contribution in [2.24, 2.45) is 41.4 Å². The molecule has 186 valence electrons. The van der Waals surface area contributed by atoms with Gasteiger partial charge in [-0.2, -0.15) is 8.78 Å². The van der Waals surface area contributed by atoms with Crippen molar-refractivity contribution in [3.63, 3.8) is 0 Å². The Morgan fingerprint density at radius 3 is 1.41 bits per heavy atom. The Hall–Kier alpha value is -0.320. The molecule has 32 heavy (non-hydrogen) atoms. The summed E-state index contributed by atoms with van der Waals surface area (Å²) in [4.78, 5) is 0. The lowest BCUT2D eigenvalue weighted by Crippen LogP contribution is -2.44. The standard InChI is InChI=1S/C27H44F4O/c1-17-3-5-19(6-4-17)20-7-9-21(10-8-20)22-11-13-23(14-12-22)27(30,31)32-24-15-25(28)18(2)26(29)16-24/h17-26H,3-16H2,1-2H3. The first kappa shape index (κ1) is 24.8. The zero-order chi connectivity index (χ0) is 22.9. The van der Waals surface area contributed by atoms with Gasteiger partial charge in [0.25, 0.3) is 0 Å². The molecule has 2 unspecified atom stereocenters. The Morgan fingerprint density at radius 1 is 0.594 bits per heavy atom. The minimum Gasteiger partial charge on any atom is -0.317 e. The van der Waals surface area contributed by atoms with E-state index in [-0.39, 0.29) is 12.8 Å². The maximum atomic E-state index is 14.8. The van der Waals surface area contributed by atoms with E-state index in [1.165, 1.54) is 58.3 Å². The van der Waals surface area contributed by atoms with Gasteiger partial charge in [-0.05, 0) is 93.8 Å². The second-order valence-corrected chi connectivity index (χ2v) is 12.0. The number of halogens is 4. The van der Waals surface area contributed by atoms with E-state index in [9.17, 15) is 17.6 Å². The predicted octanol–water partition coefficient (Wildman–Crippen LogP) is 8.51. The predicted molar refractivity (Wildman–Crippen MR) is 120 cm³/mol. The van der Waals surface area contributed by atoms with Gasteiger partial charge >= 0.3 is 6.11 Å². The van der Waals surface area contributed by atoms with Crippen LogP contribution in [0.5, 0.6) is 0 Å². The summed E-state index contributed by atoms with van der Waals surface area (Å²) in [6, 6.07) is 0. The van der Waals surface area contributed by atoms with Gasteiger partial charge in [-0.15, -0.1) is 0 Å². The number of hydrogen-bond donors (Lipinski definition) is 0. The quantitative estimate of drug-likeness (QED) is 0.374. The Bertz CT molecular complexity index is 562.